The standard InChI is InChI=1S/C55H99NO7/c1-6-8-10-12-14-16-18-20-22-24-25-26-27-28-30-32-34-36-38-40-42-44-46-54(58)63-51(49-61-48-47-52(55(59)60)56(3,4)5)50-62-53(57)45-43-41-39-37-35-33-31-29-23-21-19-17-15-13-11-9-7-2/h15,17,21,23-25,27-28,51-52H,6-14,16,18-20,22,26,29-50H2,1-5H3/b17-15+,23-21+,25-24+,28-27+. The maximum absolute atomic E-state index is 12.8. The second-order valence-electron chi connectivity index (χ2n) is 18.8. The summed E-state index contributed by atoms with van der Waals surface area (Å²) in [5.41, 5.74) is 0. The van der Waals surface area contributed by atoms with Crippen LogP contribution in [0, 0.1) is 0 Å². The Morgan fingerprint density at radius 3 is 1.25 bits per heavy atom. The molecule has 2 atom stereocenters. The van der Waals surface area contributed by atoms with E-state index in [0.29, 0.717) is 12.8 Å². The van der Waals surface area contributed by atoms with E-state index in [2.05, 4.69) is 62.5 Å². The van der Waals surface area contributed by atoms with Crippen molar-refractivity contribution in [3.63, 3.8) is 0 Å². The number of rotatable bonds is 47. The minimum atomic E-state index is -1.13. The number of aliphatic carboxylic acids is 1. The van der Waals surface area contributed by atoms with Gasteiger partial charge in [0.25, 0.3) is 0 Å². The molecular weight excluding hydrogens is 787 g/mol. The van der Waals surface area contributed by atoms with E-state index in [-0.39, 0.29) is 42.7 Å². The number of unbranched alkanes of at least 4 members (excludes halogenated alkanes) is 25. The maximum Gasteiger partial charge on any atom is 0.306 e. The molecule has 0 bridgehead atoms. The molecule has 366 valence electrons. The highest BCUT2D eigenvalue weighted by Gasteiger charge is 2.25. The molecule has 0 aromatic carbocycles. The number of carbonyl (C=O) groups is 3. The van der Waals surface area contributed by atoms with Crippen molar-refractivity contribution >= 4 is 17.9 Å². The molecule has 0 aliphatic rings. The first-order valence-corrected chi connectivity index (χ1v) is 26.2. The summed E-state index contributed by atoms with van der Waals surface area (Å²) in [6.07, 6.45) is 55.7. The molecule has 0 spiro atoms. The Morgan fingerprint density at radius 2 is 0.841 bits per heavy atom. The summed E-state index contributed by atoms with van der Waals surface area (Å²) < 4.78 is 17.2. The second kappa shape index (κ2) is 45.8. The average molecular weight is 886 g/mol. The zero-order chi connectivity index (χ0) is 46.3. The lowest BCUT2D eigenvalue weighted by molar-refractivity contribution is -0.889. The summed E-state index contributed by atoms with van der Waals surface area (Å²) in [7, 11) is 5.41. The van der Waals surface area contributed by atoms with Gasteiger partial charge >= 0.3 is 11.9 Å². The van der Waals surface area contributed by atoms with Crippen molar-refractivity contribution in [1.82, 2.24) is 0 Å². The lowest BCUT2D eigenvalue weighted by atomic mass is 10.1. The van der Waals surface area contributed by atoms with Crippen LogP contribution in [0.25, 0.3) is 0 Å². The molecule has 63 heavy (non-hydrogen) atoms. The average Bonchev–Trinajstić information content (AvgIpc) is 3.24. The molecule has 0 radical (unpaired) electrons. The fourth-order valence-corrected chi connectivity index (χ4v) is 7.60. The highest BCUT2D eigenvalue weighted by molar-refractivity contribution is 5.70. The van der Waals surface area contributed by atoms with Crippen molar-refractivity contribution in [1.29, 1.82) is 0 Å². The van der Waals surface area contributed by atoms with Gasteiger partial charge < -0.3 is 28.6 Å². The first-order chi connectivity index (χ1) is 30.6. The van der Waals surface area contributed by atoms with Crippen LogP contribution in [-0.2, 0) is 28.6 Å². The van der Waals surface area contributed by atoms with Crippen molar-refractivity contribution in [2.24, 2.45) is 0 Å². The lowest BCUT2D eigenvalue weighted by Gasteiger charge is -2.34. The lowest BCUT2D eigenvalue weighted by Crippen LogP contribution is -2.55. The summed E-state index contributed by atoms with van der Waals surface area (Å²) in [4.78, 5) is 37.0. The number of nitrogens with zero attached hydrogens (tertiary/aromatic N) is 1. The van der Waals surface area contributed by atoms with Crippen LogP contribution in [-0.4, -0.2) is 75.5 Å². The number of esters is 2. The number of likely N-dealkylation sites (N-methyl/N-ethyl adjacent to an activating group) is 1. The number of hydrogen-bond donors (Lipinski definition) is 0. The van der Waals surface area contributed by atoms with Crippen LogP contribution in [0.4, 0.5) is 0 Å². The van der Waals surface area contributed by atoms with Gasteiger partial charge in [0.1, 0.15) is 12.6 Å². The van der Waals surface area contributed by atoms with Crippen molar-refractivity contribution in [3.8, 4) is 0 Å². The van der Waals surface area contributed by atoms with Gasteiger partial charge in [0, 0.05) is 19.3 Å². The van der Waals surface area contributed by atoms with Crippen LogP contribution in [0.1, 0.15) is 232 Å². The van der Waals surface area contributed by atoms with Crippen LogP contribution < -0.4 is 5.11 Å². The Balaban J connectivity index is 4.26. The Bertz CT molecular complexity index is 1170. The SMILES string of the molecule is CCCCC/C=C/C/C=C/CCCCCCCCCC(=O)OCC(COCCC(C(=O)[O-])[N+](C)(C)C)OC(=O)CCCCCCCCC/C=C/C/C=C/CCCCCCCCCC. The zero-order valence-electron chi connectivity index (χ0n) is 41.7. The largest absolute Gasteiger partial charge is 0.544 e. The van der Waals surface area contributed by atoms with Gasteiger partial charge in [-0.1, -0.05) is 184 Å². The molecule has 8 nitrogen and oxygen atoms in total. The van der Waals surface area contributed by atoms with Crippen LogP contribution in [0.5, 0.6) is 0 Å². The molecule has 2 unspecified atom stereocenters. The molecule has 0 aliphatic carbocycles. The van der Waals surface area contributed by atoms with Gasteiger partial charge in [0.2, 0.25) is 0 Å². The molecule has 0 saturated carbocycles. The third kappa shape index (κ3) is 44.3. The summed E-state index contributed by atoms with van der Waals surface area (Å²) in [5.74, 6) is -1.75. The normalized spacial score (nSPS) is 13.2. The Kier molecular flexibility index (Phi) is 43.9. The van der Waals surface area contributed by atoms with Crippen LogP contribution in [0.2, 0.25) is 0 Å². The molecule has 0 aliphatic heterocycles. The number of hydrogen-bond acceptors (Lipinski definition) is 7. The molecule has 0 saturated heterocycles. The highest BCUT2D eigenvalue weighted by Crippen LogP contribution is 2.15. The van der Waals surface area contributed by atoms with E-state index in [1.54, 1.807) is 21.1 Å². The first kappa shape index (κ1) is 60.3. The summed E-state index contributed by atoms with van der Waals surface area (Å²) in [6.45, 7) is 4.64. The zero-order valence-corrected chi connectivity index (χ0v) is 41.7. The van der Waals surface area contributed by atoms with Crippen molar-refractivity contribution in [2.45, 2.75) is 244 Å². The van der Waals surface area contributed by atoms with Crippen molar-refractivity contribution in [2.75, 3.05) is 41.0 Å². The molecule has 0 aromatic rings. The number of carbonyl (C=O) groups excluding carboxylic acids is 3. The number of carboxylic acid groups (broad SMARTS) is 1. The molecule has 0 amide bonds. The maximum atomic E-state index is 12.8. The predicted molar refractivity (Wildman–Crippen MR) is 263 cm³/mol. The number of ether oxygens (including phenoxy) is 3. The van der Waals surface area contributed by atoms with E-state index in [1.165, 1.54) is 135 Å². The highest BCUT2D eigenvalue weighted by atomic mass is 16.6. The van der Waals surface area contributed by atoms with E-state index in [0.717, 1.165) is 64.2 Å². The van der Waals surface area contributed by atoms with Gasteiger partial charge in [-0.3, -0.25) is 9.59 Å². The number of quaternary nitrogens is 1. The van der Waals surface area contributed by atoms with Crippen LogP contribution in [0.15, 0.2) is 48.6 Å². The number of carboxylic acids is 1. The monoisotopic (exact) mass is 886 g/mol. The molecule has 8 heteroatoms. The minimum Gasteiger partial charge on any atom is -0.544 e. The summed E-state index contributed by atoms with van der Waals surface area (Å²) in [6, 6.07) is -0.730. The fraction of sp³-hybridized carbons (Fsp3) is 0.800. The Morgan fingerprint density at radius 1 is 0.476 bits per heavy atom. The van der Waals surface area contributed by atoms with Gasteiger partial charge in [0.15, 0.2) is 6.10 Å². The molecule has 0 aromatic heterocycles. The summed E-state index contributed by atoms with van der Waals surface area (Å²) in [5, 5.41) is 11.7. The van der Waals surface area contributed by atoms with Crippen molar-refractivity contribution in [3.05, 3.63) is 48.6 Å². The van der Waals surface area contributed by atoms with E-state index >= 15 is 0 Å². The molecule has 0 heterocycles. The number of allylic oxidation sites excluding steroid dienone is 8. The fourth-order valence-electron chi connectivity index (χ4n) is 7.60. The minimum absolute atomic E-state index is 0.0349. The van der Waals surface area contributed by atoms with E-state index in [9.17, 15) is 19.5 Å². The third-order valence-electron chi connectivity index (χ3n) is 11.7. The molecule has 0 N–H and O–H groups in total. The van der Waals surface area contributed by atoms with Gasteiger partial charge in [-0.25, -0.2) is 0 Å². The molecular formula is C55H99NO7. The Hall–Kier alpha value is -2.71. The van der Waals surface area contributed by atoms with E-state index in [1.807, 2.05) is 0 Å². The van der Waals surface area contributed by atoms with Gasteiger partial charge in [-0.15, -0.1) is 0 Å². The van der Waals surface area contributed by atoms with Gasteiger partial charge in [-0.05, 0) is 77.0 Å². The van der Waals surface area contributed by atoms with Crippen LogP contribution in [0.3, 0.4) is 0 Å². The molecule has 0 rings (SSSR count). The van der Waals surface area contributed by atoms with Gasteiger partial charge in [-0.2, -0.15) is 0 Å². The topological polar surface area (TPSA) is 102 Å². The van der Waals surface area contributed by atoms with E-state index < -0.39 is 18.1 Å². The predicted octanol–water partition coefficient (Wildman–Crippen LogP) is 13.8. The Labute approximate surface area is 388 Å². The smallest absolute Gasteiger partial charge is 0.306 e. The second-order valence-corrected chi connectivity index (χ2v) is 18.8. The quantitative estimate of drug-likeness (QED) is 0.0259. The third-order valence-corrected chi connectivity index (χ3v) is 11.7. The summed E-state index contributed by atoms with van der Waals surface area (Å²) >= 11 is 0. The first-order valence-electron chi connectivity index (χ1n) is 26.2. The van der Waals surface area contributed by atoms with Gasteiger partial charge in [0.05, 0.1) is 40.3 Å². The molecule has 0 fully saturated rings. The van der Waals surface area contributed by atoms with Crippen LogP contribution >= 0.6 is 0 Å². The van der Waals surface area contributed by atoms with E-state index in [4.69, 9.17) is 14.2 Å². The van der Waals surface area contributed by atoms with Crippen molar-refractivity contribution < 1.29 is 38.2 Å².